The number of carbonyl (C=O) groups excluding carboxylic acids is 4. The second kappa shape index (κ2) is 17.1. The number of halogens is 1. The number of esters is 1. The summed E-state index contributed by atoms with van der Waals surface area (Å²) in [5.41, 5.74) is 2.74. The summed E-state index contributed by atoms with van der Waals surface area (Å²) in [5, 5.41) is 12.8. The predicted octanol–water partition coefficient (Wildman–Crippen LogP) is 5.30. The molecule has 16 heteroatoms. The van der Waals surface area contributed by atoms with Gasteiger partial charge in [-0.3, -0.25) is 14.4 Å². The number of aliphatic hydroxyl groups is 1. The maximum Gasteiger partial charge on any atom is 0.337 e. The number of anilines is 2. The first kappa shape index (κ1) is 40.1. The molecule has 56 heavy (non-hydrogen) atoms. The van der Waals surface area contributed by atoms with Gasteiger partial charge in [0.2, 0.25) is 16.3 Å². The van der Waals surface area contributed by atoms with Crippen LogP contribution in [-0.2, 0) is 29.0 Å². The fourth-order valence-corrected chi connectivity index (χ4v) is 7.98. The minimum atomic E-state index is -4.01. The smallest absolute Gasteiger partial charge is 0.337 e. The van der Waals surface area contributed by atoms with Crippen LogP contribution in [0.3, 0.4) is 0 Å². The number of aryl methyl sites for hydroxylation is 1. The number of rotatable bonds is 14. The van der Waals surface area contributed by atoms with E-state index in [4.69, 9.17) is 30.5 Å². The molecule has 292 valence electrons. The van der Waals surface area contributed by atoms with Gasteiger partial charge in [0.1, 0.15) is 5.75 Å². The molecule has 0 fully saturated rings. The fraction of sp³-hybridized carbons (Fsp3) is 0.250. The molecule has 2 atom stereocenters. The van der Waals surface area contributed by atoms with E-state index in [2.05, 4.69) is 5.32 Å². The van der Waals surface area contributed by atoms with Crippen molar-refractivity contribution in [3.05, 3.63) is 130 Å². The van der Waals surface area contributed by atoms with E-state index < -0.39 is 52.5 Å². The largest absolute Gasteiger partial charge is 0.497 e. The van der Waals surface area contributed by atoms with E-state index in [9.17, 15) is 32.7 Å². The molecule has 2 aliphatic rings. The summed E-state index contributed by atoms with van der Waals surface area (Å²) in [6.45, 7) is 0.799. The monoisotopic (exact) mass is 803 g/mol. The Kier molecular flexibility index (Phi) is 12.2. The Morgan fingerprint density at radius 2 is 1.66 bits per heavy atom. The van der Waals surface area contributed by atoms with Crippen LogP contribution in [0.15, 0.2) is 102 Å². The van der Waals surface area contributed by atoms with E-state index in [1.54, 1.807) is 61.5 Å². The van der Waals surface area contributed by atoms with Gasteiger partial charge in [0.05, 0.1) is 54.7 Å². The highest BCUT2D eigenvalue weighted by Gasteiger charge is 2.38. The van der Waals surface area contributed by atoms with Gasteiger partial charge in [0.25, 0.3) is 17.7 Å². The number of hydrogen-bond donors (Lipinski definition) is 2. The quantitative estimate of drug-likeness (QED) is 0.125. The summed E-state index contributed by atoms with van der Waals surface area (Å²) in [6.07, 6.45) is 0.857. The van der Waals surface area contributed by atoms with Gasteiger partial charge in [-0.05, 0) is 96.9 Å². The van der Waals surface area contributed by atoms with Crippen molar-refractivity contribution in [3.63, 3.8) is 0 Å². The molecule has 0 saturated carbocycles. The molecule has 0 saturated heterocycles. The third-order valence-electron chi connectivity index (χ3n) is 9.28. The molecule has 0 radical (unpaired) electrons. The van der Waals surface area contributed by atoms with Gasteiger partial charge in [0.15, 0.2) is 5.76 Å². The Bertz CT molecular complexity index is 2300. The highest BCUT2D eigenvalue weighted by Crippen LogP contribution is 2.35. The molecule has 14 nitrogen and oxygen atoms in total. The summed E-state index contributed by atoms with van der Waals surface area (Å²) >= 11 is 6.07. The van der Waals surface area contributed by atoms with Gasteiger partial charge < -0.3 is 29.4 Å². The minimum absolute atomic E-state index is 0.00919. The first-order valence-electron chi connectivity index (χ1n) is 17.4. The summed E-state index contributed by atoms with van der Waals surface area (Å²) < 4.78 is 49.9. The second-order valence-electron chi connectivity index (χ2n) is 12.8. The first-order valence-corrected chi connectivity index (χ1v) is 19.2. The Balaban J connectivity index is 1.19. The van der Waals surface area contributed by atoms with E-state index in [-0.39, 0.29) is 47.9 Å². The zero-order valence-electron chi connectivity index (χ0n) is 30.6. The van der Waals surface area contributed by atoms with Gasteiger partial charge in [-0.25, -0.2) is 18.1 Å². The van der Waals surface area contributed by atoms with Crippen LogP contribution in [0.1, 0.15) is 54.5 Å². The van der Waals surface area contributed by atoms with Crippen LogP contribution in [0.2, 0.25) is 5.02 Å². The Morgan fingerprint density at radius 3 is 2.32 bits per heavy atom. The SMILES string of the molecule is COC(=O)c1ccc([C@H]2C=C(C(=O)Nc3ccc(N4C(=O)c5ccc(Cl)cc5C4=O)c(C)c3)O[C@@H](OCCN(CCO)S(=O)(=O)c3ccc(OC)cc3)C2)cc1. The van der Waals surface area contributed by atoms with Crippen molar-refractivity contribution in [1.29, 1.82) is 0 Å². The van der Waals surface area contributed by atoms with Gasteiger partial charge in [0, 0.05) is 36.1 Å². The Hall–Kier alpha value is -5.58. The minimum Gasteiger partial charge on any atom is -0.497 e. The lowest BCUT2D eigenvalue weighted by Gasteiger charge is -2.30. The van der Waals surface area contributed by atoms with Crippen molar-refractivity contribution in [2.75, 3.05) is 50.7 Å². The molecule has 0 spiro atoms. The van der Waals surface area contributed by atoms with E-state index in [0.717, 1.165) is 14.8 Å². The third-order valence-corrected chi connectivity index (χ3v) is 11.4. The van der Waals surface area contributed by atoms with Crippen LogP contribution >= 0.6 is 11.6 Å². The number of methoxy groups -OCH3 is 2. The highest BCUT2D eigenvalue weighted by molar-refractivity contribution is 7.89. The number of imide groups is 1. The van der Waals surface area contributed by atoms with Crippen molar-refractivity contribution in [3.8, 4) is 5.75 Å². The Labute approximate surface area is 328 Å². The van der Waals surface area contributed by atoms with Crippen molar-refractivity contribution in [1.82, 2.24) is 4.31 Å². The molecule has 3 amide bonds. The number of aliphatic hydroxyl groups excluding tert-OH is 1. The maximum absolute atomic E-state index is 13.7. The fourth-order valence-electron chi connectivity index (χ4n) is 6.39. The number of fused-ring (bicyclic) bond motifs is 1. The number of nitrogens with one attached hydrogen (secondary N) is 1. The number of amides is 3. The van der Waals surface area contributed by atoms with E-state index in [1.165, 1.54) is 50.6 Å². The summed E-state index contributed by atoms with van der Waals surface area (Å²) in [4.78, 5) is 53.2. The molecular formula is C40H38ClN3O11S. The molecule has 2 aliphatic heterocycles. The lowest BCUT2D eigenvalue weighted by atomic mass is 9.92. The number of carbonyl (C=O) groups is 4. The van der Waals surface area contributed by atoms with E-state index in [0.29, 0.717) is 33.3 Å². The van der Waals surface area contributed by atoms with Crippen molar-refractivity contribution >= 4 is 56.7 Å². The standard InChI is InChI=1S/C40H38ClN3O11S/c1-24-20-29(9-15-34(24)44-38(47)32-14-8-28(41)23-33(32)39(44)48)42-37(46)35-21-27(25-4-6-26(7-5-25)40(49)53-3)22-36(55-35)54-19-17-43(16-18-45)56(50,51)31-12-10-30(52-2)11-13-31/h4-15,20-21,23,27,36,45H,16-19,22H2,1-3H3,(H,42,46)/t27-,36+/m0/s1. The van der Waals surface area contributed by atoms with Gasteiger partial charge in [-0.15, -0.1) is 0 Å². The van der Waals surface area contributed by atoms with Crippen LogP contribution < -0.4 is 15.0 Å². The zero-order chi connectivity index (χ0) is 40.1. The molecule has 4 aromatic rings. The summed E-state index contributed by atoms with van der Waals surface area (Å²) in [5.74, 6) is -2.16. The molecule has 2 N–H and O–H groups in total. The van der Waals surface area contributed by atoms with E-state index >= 15 is 0 Å². The average molecular weight is 804 g/mol. The Morgan fingerprint density at radius 1 is 0.946 bits per heavy atom. The van der Waals surface area contributed by atoms with Gasteiger partial charge in [-0.1, -0.05) is 23.7 Å². The molecule has 2 heterocycles. The average Bonchev–Trinajstić information content (AvgIpc) is 3.44. The molecular weight excluding hydrogens is 766 g/mol. The molecule has 4 aromatic carbocycles. The lowest BCUT2D eigenvalue weighted by molar-refractivity contribution is -0.143. The molecule has 6 rings (SSSR count). The van der Waals surface area contributed by atoms with Crippen LogP contribution in [0, 0.1) is 6.92 Å². The topological polar surface area (TPSA) is 178 Å². The summed E-state index contributed by atoms with van der Waals surface area (Å²) in [6, 6.07) is 21.7. The van der Waals surface area contributed by atoms with Crippen LogP contribution in [-0.4, -0.2) is 88.3 Å². The number of sulfonamides is 1. The molecule has 0 aromatic heterocycles. The number of ether oxygens (including phenoxy) is 4. The summed E-state index contributed by atoms with van der Waals surface area (Å²) in [7, 11) is -1.26. The first-order chi connectivity index (χ1) is 26.8. The number of benzene rings is 4. The zero-order valence-corrected chi connectivity index (χ0v) is 32.1. The number of hydrogen-bond acceptors (Lipinski definition) is 11. The normalized spacial score (nSPS) is 16.6. The van der Waals surface area contributed by atoms with Crippen molar-refractivity contribution < 1.29 is 51.6 Å². The highest BCUT2D eigenvalue weighted by atomic mass is 35.5. The van der Waals surface area contributed by atoms with Gasteiger partial charge in [-0.2, -0.15) is 4.31 Å². The van der Waals surface area contributed by atoms with Crippen LogP contribution in [0.5, 0.6) is 5.75 Å². The predicted molar refractivity (Wildman–Crippen MR) is 205 cm³/mol. The molecule has 0 bridgehead atoms. The van der Waals surface area contributed by atoms with Crippen LogP contribution in [0.25, 0.3) is 0 Å². The third kappa shape index (κ3) is 8.46. The number of nitrogens with zero attached hydrogens (tertiary/aromatic N) is 2. The lowest BCUT2D eigenvalue weighted by Crippen LogP contribution is -2.37. The van der Waals surface area contributed by atoms with Crippen molar-refractivity contribution in [2.24, 2.45) is 0 Å². The molecule has 0 unspecified atom stereocenters. The second-order valence-corrected chi connectivity index (χ2v) is 15.2. The van der Waals surface area contributed by atoms with Gasteiger partial charge >= 0.3 is 5.97 Å². The van der Waals surface area contributed by atoms with Crippen molar-refractivity contribution in [2.45, 2.75) is 30.4 Å². The number of allylic oxidation sites excluding steroid dienone is 1. The van der Waals surface area contributed by atoms with E-state index in [1.807, 2.05) is 0 Å². The van der Waals surface area contributed by atoms with Crippen LogP contribution in [0.4, 0.5) is 11.4 Å². The maximum atomic E-state index is 13.7. The molecule has 0 aliphatic carbocycles.